The van der Waals surface area contributed by atoms with Crippen LogP contribution in [0.25, 0.3) is 0 Å². The number of aryl methyl sites for hydroxylation is 2. The predicted octanol–water partition coefficient (Wildman–Crippen LogP) is 0.933. The fraction of sp³-hybridized carbons (Fsp3) is 0.600. The van der Waals surface area contributed by atoms with Crippen molar-refractivity contribution in [3.8, 4) is 0 Å². The molecule has 0 aliphatic rings. The summed E-state index contributed by atoms with van der Waals surface area (Å²) in [6.07, 6.45) is 0. The van der Waals surface area contributed by atoms with E-state index in [1.54, 1.807) is 4.68 Å². The molecule has 1 heterocycles. The van der Waals surface area contributed by atoms with Gasteiger partial charge in [0.15, 0.2) is 0 Å². The molecule has 0 aliphatic heterocycles. The highest BCUT2D eigenvalue weighted by molar-refractivity contribution is 7.85. The minimum absolute atomic E-state index is 0.238. The fourth-order valence-electron chi connectivity index (χ4n) is 1.37. The molecule has 0 spiro atoms. The zero-order valence-corrected chi connectivity index (χ0v) is 10.5. The van der Waals surface area contributed by atoms with Crippen molar-refractivity contribution in [1.29, 1.82) is 0 Å². The Morgan fingerprint density at radius 2 is 2.31 bits per heavy atom. The lowest BCUT2D eigenvalue weighted by Crippen LogP contribution is -2.23. The summed E-state index contributed by atoms with van der Waals surface area (Å²) < 4.78 is 13.5. The van der Waals surface area contributed by atoms with Crippen LogP contribution in [0.1, 0.15) is 25.2 Å². The van der Waals surface area contributed by atoms with Gasteiger partial charge in [0.25, 0.3) is 0 Å². The van der Waals surface area contributed by atoms with Crippen molar-refractivity contribution >= 4 is 16.8 Å². The molecule has 6 heteroatoms. The molecule has 0 saturated heterocycles. The molecule has 0 aromatic carbocycles. The zero-order chi connectivity index (χ0) is 12.3. The fourth-order valence-corrected chi connectivity index (χ4v) is 2.37. The van der Waals surface area contributed by atoms with E-state index in [0.29, 0.717) is 6.54 Å². The van der Waals surface area contributed by atoms with Crippen molar-refractivity contribution in [2.45, 2.75) is 38.3 Å². The summed E-state index contributed by atoms with van der Waals surface area (Å²) >= 11 is 0. The summed E-state index contributed by atoms with van der Waals surface area (Å²) in [7, 11) is -1.40. The number of rotatable bonds is 5. The maximum Gasteiger partial charge on any atom is 0.318 e. The van der Waals surface area contributed by atoms with Crippen molar-refractivity contribution in [3.63, 3.8) is 0 Å². The molecule has 16 heavy (non-hydrogen) atoms. The average Bonchev–Trinajstić information content (AvgIpc) is 2.57. The smallest absolute Gasteiger partial charge is 0.318 e. The van der Waals surface area contributed by atoms with Crippen molar-refractivity contribution in [2.75, 3.05) is 0 Å². The summed E-state index contributed by atoms with van der Waals surface area (Å²) in [5.41, 5.74) is 1.68. The predicted molar refractivity (Wildman–Crippen MR) is 61.6 cm³/mol. The molecule has 0 fully saturated rings. The normalized spacial score (nSPS) is 14.7. The van der Waals surface area contributed by atoms with Gasteiger partial charge in [-0.2, -0.15) is 5.10 Å². The lowest BCUT2D eigenvalue weighted by molar-refractivity contribution is -0.136. The molecular weight excluding hydrogens is 228 g/mol. The van der Waals surface area contributed by atoms with Gasteiger partial charge in [0.05, 0.1) is 17.1 Å². The standard InChI is InChI=1S/C10H16N2O3S/c1-4-12-9(5-7(2)11-12)6-16(15)8(3)10(13)14/h5,8H,4,6H2,1-3H3,(H,13,14). The van der Waals surface area contributed by atoms with Crippen LogP contribution in [0, 0.1) is 6.92 Å². The number of carbonyl (C=O) groups is 1. The number of carboxylic acid groups (broad SMARTS) is 1. The van der Waals surface area contributed by atoms with Gasteiger partial charge in [-0.15, -0.1) is 0 Å². The summed E-state index contributed by atoms with van der Waals surface area (Å²) in [5, 5.41) is 12.1. The Hall–Kier alpha value is -1.17. The maximum atomic E-state index is 11.7. The third-order valence-electron chi connectivity index (χ3n) is 2.32. The highest BCUT2D eigenvalue weighted by Gasteiger charge is 2.20. The van der Waals surface area contributed by atoms with Gasteiger partial charge in [-0.1, -0.05) is 0 Å². The van der Waals surface area contributed by atoms with Crippen LogP contribution in [0.3, 0.4) is 0 Å². The van der Waals surface area contributed by atoms with Crippen LogP contribution in [0.4, 0.5) is 0 Å². The molecule has 0 radical (unpaired) electrons. The topological polar surface area (TPSA) is 72.2 Å². The molecule has 2 unspecified atom stereocenters. The summed E-state index contributed by atoms with van der Waals surface area (Å²) in [6.45, 7) is 5.96. The number of aromatic nitrogens is 2. The third kappa shape index (κ3) is 2.91. The van der Waals surface area contributed by atoms with Crippen molar-refractivity contribution in [1.82, 2.24) is 9.78 Å². The van der Waals surface area contributed by atoms with E-state index in [1.165, 1.54) is 6.92 Å². The Kier molecular flexibility index (Phi) is 4.23. The first-order chi connectivity index (χ1) is 7.45. The van der Waals surface area contributed by atoms with E-state index >= 15 is 0 Å². The van der Waals surface area contributed by atoms with Gasteiger partial charge in [0.1, 0.15) is 5.25 Å². The SMILES string of the molecule is CCn1nc(C)cc1CS(=O)C(C)C(=O)O. The molecule has 0 saturated carbocycles. The van der Waals surface area contributed by atoms with E-state index in [0.717, 1.165) is 11.4 Å². The minimum Gasteiger partial charge on any atom is -0.480 e. The second kappa shape index (κ2) is 5.25. The summed E-state index contributed by atoms with van der Waals surface area (Å²) in [4.78, 5) is 10.7. The first kappa shape index (κ1) is 12.9. The van der Waals surface area contributed by atoms with Gasteiger partial charge in [-0.25, -0.2) is 0 Å². The number of hydrogen-bond donors (Lipinski definition) is 1. The van der Waals surface area contributed by atoms with Gasteiger partial charge in [-0.3, -0.25) is 13.7 Å². The van der Waals surface area contributed by atoms with E-state index in [4.69, 9.17) is 5.11 Å². The second-order valence-electron chi connectivity index (χ2n) is 3.60. The Bertz CT molecular complexity index is 414. The molecule has 5 nitrogen and oxygen atoms in total. The Morgan fingerprint density at radius 1 is 1.69 bits per heavy atom. The van der Waals surface area contributed by atoms with E-state index < -0.39 is 22.0 Å². The van der Waals surface area contributed by atoms with Crippen LogP contribution in [0.15, 0.2) is 6.07 Å². The van der Waals surface area contributed by atoms with Crippen LogP contribution in [0.2, 0.25) is 0 Å². The highest BCUT2D eigenvalue weighted by Crippen LogP contribution is 2.09. The molecule has 1 N–H and O–H groups in total. The van der Waals surface area contributed by atoms with Gasteiger partial charge in [-0.05, 0) is 26.8 Å². The van der Waals surface area contributed by atoms with Crippen molar-refractivity contribution in [2.24, 2.45) is 0 Å². The molecular formula is C10H16N2O3S. The molecule has 1 rings (SSSR count). The first-order valence-corrected chi connectivity index (χ1v) is 6.47. The lowest BCUT2D eigenvalue weighted by Gasteiger charge is -2.07. The number of aliphatic carboxylic acids is 1. The number of carboxylic acids is 1. The minimum atomic E-state index is -1.40. The van der Waals surface area contributed by atoms with Crippen LogP contribution in [-0.2, 0) is 27.9 Å². The maximum absolute atomic E-state index is 11.7. The van der Waals surface area contributed by atoms with Gasteiger partial charge >= 0.3 is 5.97 Å². The van der Waals surface area contributed by atoms with Crippen molar-refractivity contribution < 1.29 is 14.1 Å². The first-order valence-electron chi connectivity index (χ1n) is 5.09. The van der Waals surface area contributed by atoms with Crippen LogP contribution < -0.4 is 0 Å². The molecule has 0 amide bonds. The van der Waals surface area contributed by atoms with E-state index in [1.807, 2.05) is 19.9 Å². The van der Waals surface area contributed by atoms with Gasteiger partial charge in [0.2, 0.25) is 0 Å². The van der Waals surface area contributed by atoms with E-state index in [9.17, 15) is 9.00 Å². The molecule has 90 valence electrons. The Morgan fingerprint density at radius 3 is 2.81 bits per heavy atom. The molecule has 0 bridgehead atoms. The van der Waals surface area contributed by atoms with Gasteiger partial charge < -0.3 is 5.11 Å². The highest BCUT2D eigenvalue weighted by atomic mass is 32.2. The number of nitrogens with zero attached hydrogens (tertiary/aromatic N) is 2. The van der Waals surface area contributed by atoms with Crippen LogP contribution in [0.5, 0.6) is 0 Å². The summed E-state index contributed by atoms with van der Waals surface area (Å²) in [5.74, 6) is -0.792. The molecule has 2 atom stereocenters. The van der Waals surface area contributed by atoms with Gasteiger partial charge in [0, 0.05) is 17.3 Å². The monoisotopic (exact) mass is 244 g/mol. The van der Waals surface area contributed by atoms with Crippen LogP contribution in [-0.4, -0.2) is 30.3 Å². The van der Waals surface area contributed by atoms with E-state index in [-0.39, 0.29) is 5.75 Å². The summed E-state index contributed by atoms with van der Waals surface area (Å²) in [6, 6.07) is 1.84. The average molecular weight is 244 g/mol. The van der Waals surface area contributed by atoms with E-state index in [2.05, 4.69) is 5.10 Å². The molecule has 0 aliphatic carbocycles. The van der Waals surface area contributed by atoms with Crippen LogP contribution >= 0.6 is 0 Å². The van der Waals surface area contributed by atoms with Crippen molar-refractivity contribution in [3.05, 3.63) is 17.5 Å². The Balaban J connectivity index is 2.80. The zero-order valence-electron chi connectivity index (χ0n) is 9.64. The third-order valence-corrected chi connectivity index (χ3v) is 3.89. The number of hydrogen-bond acceptors (Lipinski definition) is 3. The quantitative estimate of drug-likeness (QED) is 0.836. The molecule has 1 aromatic rings. The molecule has 1 aromatic heterocycles. The second-order valence-corrected chi connectivity index (χ2v) is 5.36. The largest absolute Gasteiger partial charge is 0.480 e. The lowest BCUT2D eigenvalue weighted by atomic mass is 10.4. The Labute approximate surface area is 96.9 Å².